The molecule has 31 rings (SSSR count). The molecule has 0 bridgehead atoms. The Hall–Kier alpha value is -18.5. The molecule has 0 amide bonds. The summed E-state index contributed by atoms with van der Waals surface area (Å²) in [6, 6.07) is 117. The Morgan fingerprint density at radius 1 is 0.229 bits per heavy atom. The van der Waals surface area contributed by atoms with E-state index in [1.165, 1.54) is 168 Å². The molecule has 0 aliphatic heterocycles. The third-order valence-corrected chi connectivity index (χ3v) is 27.5. The Bertz CT molecular complexity index is 10600. The van der Waals surface area contributed by atoms with E-state index < -0.39 is 0 Å². The van der Waals surface area contributed by atoms with Gasteiger partial charge in [-0.2, -0.15) is 15.0 Å². The van der Waals surface area contributed by atoms with Gasteiger partial charge in [0.2, 0.25) is 11.9 Å². The van der Waals surface area contributed by atoms with Gasteiger partial charge in [-0.15, -0.1) is 0 Å². The molecule has 17 nitrogen and oxygen atoms in total. The summed E-state index contributed by atoms with van der Waals surface area (Å²) in [6.07, 6.45) is 5.29. The molecule has 15 heterocycles. The molecule has 0 unspecified atom stereocenters. The van der Waals surface area contributed by atoms with E-state index in [1.54, 1.807) is 18.6 Å². The van der Waals surface area contributed by atoms with Crippen LogP contribution in [0, 0.1) is 20.1 Å². The summed E-state index contributed by atoms with van der Waals surface area (Å²) in [6.45, 7) is 17.4. The molecule has 17 heteroatoms. The average molecular weight is 1670 g/mol. The average Bonchev–Trinajstić information content (AvgIpc) is 1.52. The summed E-state index contributed by atoms with van der Waals surface area (Å²) in [5.74, 6) is 1.95. The molecule has 0 radical (unpaired) electrons. The summed E-state index contributed by atoms with van der Waals surface area (Å²) >= 11 is 0. The molecule has 0 saturated heterocycles. The fourth-order valence-corrected chi connectivity index (χ4v) is 22.3. The summed E-state index contributed by atoms with van der Waals surface area (Å²) in [5.41, 5.74) is 22.3. The van der Waals surface area contributed by atoms with Gasteiger partial charge in [0.25, 0.3) is 5.82 Å². The van der Waals surface area contributed by atoms with Gasteiger partial charge >= 0.3 is 5.95 Å². The number of benzene rings is 16. The van der Waals surface area contributed by atoms with Crippen molar-refractivity contribution in [2.24, 2.45) is 0 Å². The number of nitrogens with zero attached hydrogens (tertiary/aromatic N) is 17. The SMILES string of the molecule is Cc1nc(-n2c3ccc4ccccc4c3c3c4c5ccccc5n5c6ccccc6c(cc32)c45)nc2ncccc12.[C-]#[N+]c1ccc(-c2nc(-n3c4ccc5ccccc5c4c4c5c6ccccc6n6c7ccccc7c(cc43)c56)nc3ncccc23)cc1.[C-]#[N+]c1nc(-n2c3ccc4ccccc4c3c3c4c5ccccc5n5c6ccccc6c(cc32)c45)nc2ncccc12. The Morgan fingerprint density at radius 3 is 0.947 bits per heavy atom. The van der Waals surface area contributed by atoms with Crippen molar-refractivity contribution >= 4 is 257 Å². The van der Waals surface area contributed by atoms with Gasteiger partial charge in [0.05, 0.1) is 101 Å². The second kappa shape index (κ2) is 26.3. The van der Waals surface area contributed by atoms with Crippen LogP contribution in [-0.2, 0) is 0 Å². The number of hydrogen-bond acceptors (Lipinski definition) is 9. The van der Waals surface area contributed by atoms with Crippen LogP contribution in [0.25, 0.3) is 284 Å². The van der Waals surface area contributed by atoms with E-state index in [9.17, 15) is 0 Å². The van der Waals surface area contributed by atoms with Crippen LogP contribution >= 0.6 is 0 Å². The highest BCUT2D eigenvalue weighted by atomic mass is 15.2. The molecule has 16 aromatic carbocycles. The van der Waals surface area contributed by atoms with Crippen molar-refractivity contribution in [2.45, 2.75) is 6.92 Å². The van der Waals surface area contributed by atoms with Crippen LogP contribution in [0.1, 0.15) is 5.69 Å². The van der Waals surface area contributed by atoms with Crippen molar-refractivity contribution < 1.29 is 0 Å². The van der Waals surface area contributed by atoms with E-state index in [4.69, 9.17) is 48.0 Å². The first kappa shape index (κ1) is 70.9. The van der Waals surface area contributed by atoms with Gasteiger partial charge in [0.15, 0.2) is 22.6 Å². The van der Waals surface area contributed by atoms with Crippen molar-refractivity contribution in [3.8, 4) is 29.1 Å². The summed E-state index contributed by atoms with van der Waals surface area (Å²) < 4.78 is 13.9. The lowest BCUT2D eigenvalue weighted by Crippen LogP contribution is -2.04. The van der Waals surface area contributed by atoms with Crippen LogP contribution in [0.4, 0.5) is 11.5 Å². The molecule has 0 N–H and O–H groups in total. The Kier molecular flexibility index (Phi) is 14.2. The maximum Gasteiger partial charge on any atom is 0.333 e. The molecular formula is C114H61N17. The molecule has 602 valence electrons. The van der Waals surface area contributed by atoms with Gasteiger partial charge in [0, 0.05) is 132 Å². The lowest BCUT2D eigenvalue weighted by molar-refractivity contribution is 0.981. The molecule has 0 atom stereocenters. The second-order valence-corrected chi connectivity index (χ2v) is 34.0. The largest absolute Gasteiger partial charge is 0.360 e. The Labute approximate surface area is 740 Å². The van der Waals surface area contributed by atoms with Crippen LogP contribution < -0.4 is 0 Å². The quantitative estimate of drug-likeness (QED) is 0.157. The summed E-state index contributed by atoms with van der Waals surface area (Å²) in [4.78, 5) is 51.6. The van der Waals surface area contributed by atoms with Crippen molar-refractivity contribution in [2.75, 3.05) is 0 Å². The first-order valence-corrected chi connectivity index (χ1v) is 43.6. The molecule has 0 spiro atoms. The van der Waals surface area contributed by atoms with Crippen LogP contribution in [0.5, 0.6) is 0 Å². The minimum Gasteiger partial charge on any atom is -0.360 e. The third-order valence-electron chi connectivity index (χ3n) is 27.5. The number of rotatable bonds is 4. The highest BCUT2D eigenvalue weighted by Gasteiger charge is 2.32. The number of pyridine rings is 3. The standard InChI is InChI=1S/C42H22N6.C36H18N6.C36H21N5/c1-43-26-19-16-25(17-20-26)39-30-13-8-22-44-41(30)46-42(45-39)48-34-21-18-24-9-2-3-10-27(24)36(34)38-35(48)23-31-28-11-4-6-14-32(28)47-33-15-7-5-12-29(33)37(38)40(31)47;1-37-34-24-13-8-18-38-35(24)40-36(39-34)42-28-17-16-20-9-2-3-10-21(20)30(28)32-29(42)19-25-22-11-4-6-14-26(22)41-27-15-7-5-12-23(27)31(32)33(25)41;1-20-22-13-8-18-37-35(22)39-36(38-20)41-29-17-16-21-9-2-3-10-23(21)31(29)33-30(41)19-26-24-11-4-6-14-27(24)40-28-15-7-5-12-25(28)32(33)34(26)40/h2-23H;2-19H;2-19H,1H3. The fraction of sp³-hybridized carbons (Fsp3) is 0.00877. The smallest absolute Gasteiger partial charge is 0.333 e. The van der Waals surface area contributed by atoms with E-state index in [1.807, 2.05) is 67.6 Å². The number of para-hydroxylation sites is 6. The van der Waals surface area contributed by atoms with E-state index in [0.29, 0.717) is 51.7 Å². The van der Waals surface area contributed by atoms with Crippen molar-refractivity contribution in [1.29, 1.82) is 0 Å². The van der Waals surface area contributed by atoms with Crippen LogP contribution in [0.15, 0.2) is 352 Å². The predicted octanol–water partition coefficient (Wildman–Crippen LogP) is 28.4. The lowest BCUT2D eigenvalue weighted by Gasteiger charge is -2.11. The predicted molar refractivity (Wildman–Crippen MR) is 534 cm³/mol. The molecule has 0 aliphatic rings. The first-order valence-electron chi connectivity index (χ1n) is 43.6. The summed E-state index contributed by atoms with van der Waals surface area (Å²) in [5, 5.41) is 31.5. The molecular weight excluding hydrogens is 1610 g/mol. The van der Waals surface area contributed by atoms with Crippen LogP contribution in [-0.4, -0.2) is 71.8 Å². The van der Waals surface area contributed by atoms with Gasteiger partial charge < -0.3 is 18.0 Å². The lowest BCUT2D eigenvalue weighted by atomic mass is 9.99. The highest BCUT2D eigenvalue weighted by Crippen LogP contribution is 2.53. The molecule has 0 fully saturated rings. The number of fused-ring (bicyclic) bond motifs is 39. The minimum absolute atomic E-state index is 0.298. The number of hydrogen-bond donors (Lipinski definition) is 0. The van der Waals surface area contributed by atoms with Gasteiger partial charge in [-0.05, 0) is 148 Å². The van der Waals surface area contributed by atoms with Gasteiger partial charge in [-0.25, -0.2) is 29.8 Å². The maximum absolute atomic E-state index is 7.91. The second-order valence-electron chi connectivity index (χ2n) is 34.0. The highest BCUT2D eigenvalue weighted by molar-refractivity contribution is 6.42. The number of aryl methyl sites for hydroxylation is 1. The molecule has 31 aromatic rings. The van der Waals surface area contributed by atoms with E-state index in [-0.39, 0.29) is 0 Å². The Morgan fingerprint density at radius 2 is 0.550 bits per heavy atom. The van der Waals surface area contributed by atoms with E-state index >= 15 is 0 Å². The van der Waals surface area contributed by atoms with Gasteiger partial charge in [-0.1, -0.05) is 242 Å². The van der Waals surface area contributed by atoms with E-state index in [0.717, 1.165) is 71.6 Å². The molecule has 131 heavy (non-hydrogen) atoms. The fourth-order valence-electron chi connectivity index (χ4n) is 22.3. The molecule has 0 aliphatic carbocycles. The minimum atomic E-state index is 0.298. The van der Waals surface area contributed by atoms with Crippen molar-refractivity contribution in [3.63, 3.8) is 0 Å². The Balaban J connectivity index is 0.0000000969. The van der Waals surface area contributed by atoms with Gasteiger partial charge in [-0.3, -0.25) is 13.7 Å². The summed E-state index contributed by atoms with van der Waals surface area (Å²) in [7, 11) is 0. The molecule has 0 saturated carbocycles. The normalized spacial score (nSPS) is 12.3. The monoisotopic (exact) mass is 1670 g/mol. The van der Waals surface area contributed by atoms with Gasteiger partial charge in [0.1, 0.15) is 0 Å². The van der Waals surface area contributed by atoms with E-state index in [2.05, 4.69) is 320 Å². The van der Waals surface area contributed by atoms with Crippen molar-refractivity contribution in [1.82, 2.24) is 71.8 Å². The van der Waals surface area contributed by atoms with Crippen molar-refractivity contribution in [3.05, 3.63) is 381 Å². The zero-order valence-corrected chi connectivity index (χ0v) is 69.6. The number of aromatic nitrogens is 15. The zero-order valence-electron chi connectivity index (χ0n) is 69.6. The zero-order chi connectivity index (χ0) is 85.9. The third kappa shape index (κ3) is 9.54. The molecule has 15 aromatic heterocycles. The van der Waals surface area contributed by atoms with Crippen LogP contribution in [0.2, 0.25) is 0 Å². The first-order chi connectivity index (χ1) is 64.9. The topological polar surface area (TPSA) is 153 Å². The van der Waals surface area contributed by atoms with Crippen LogP contribution in [0.3, 0.4) is 0 Å². The maximum atomic E-state index is 7.91.